The Kier molecular flexibility index (Phi) is 4.88. The minimum Gasteiger partial charge on any atom is -0.383 e. The van der Waals surface area contributed by atoms with E-state index in [1.807, 2.05) is 56.4 Å². The fraction of sp³-hybridized carbons (Fsp3) is 0.370. The molecule has 0 unspecified atom stereocenters. The molecule has 8 heteroatoms. The first-order valence-electron chi connectivity index (χ1n) is 12.0. The number of nitrogens with one attached hydrogen (secondary N) is 3. The van der Waals surface area contributed by atoms with Crippen LogP contribution >= 0.6 is 0 Å². The number of carbonyl (C=O) groups is 3. The maximum absolute atomic E-state index is 13.8. The molecule has 0 aliphatic carbocycles. The highest BCUT2D eigenvalue weighted by Crippen LogP contribution is 2.54. The summed E-state index contributed by atoms with van der Waals surface area (Å²) >= 11 is 0. The van der Waals surface area contributed by atoms with Crippen LogP contribution in [-0.4, -0.2) is 53.9 Å². The Balaban J connectivity index is 1.48. The molecule has 0 saturated carbocycles. The Morgan fingerprint density at radius 2 is 1.86 bits per heavy atom. The van der Waals surface area contributed by atoms with E-state index in [0.717, 1.165) is 38.8 Å². The van der Waals surface area contributed by atoms with E-state index in [4.69, 9.17) is 4.74 Å². The molecule has 6 rings (SSSR count). The van der Waals surface area contributed by atoms with Crippen LogP contribution in [0.15, 0.2) is 42.6 Å². The largest absolute Gasteiger partial charge is 0.383 e. The van der Waals surface area contributed by atoms with E-state index < -0.39 is 17.4 Å². The molecule has 3 aliphatic heterocycles. The number of hydrogen-bond acceptors (Lipinski definition) is 5. The standard InChI is InChI=1S/C27H28N4O4/c1-14-8-9-18-23(15(14)2)29-26(34)27(18)22-21(24(32)31(25(22)33)10-11-35-3)20(30-27)12-16-13-28-19-7-5-4-6-17(16)19/h4-9,13,20-22,28,30H,10-12H2,1-3H3,(H,29,34)/t20-,21+,22-,27-/m0/s1. The number of aromatic nitrogens is 1. The molecule has 4 heterocycles. The van der Waals surface area contributed by atoms with Gasteiger partial charge in [-0.25, -0.2) is 0 Å². The molecule has 8 nitrogen and oxygen atoms in total. The molecule has 2 fully saturated rings. The van der Waals surface area contributed by atoms with Crippen molar-refractivity contribution in [2.75, 3.05) is 25.6 Å². The van der Waals surface area contributed by atoms with Gasteiger partial charge in [0.15, 0.2) is 0 Å². The average Bonchev–Trinajstić information content (AvgIpc) is 3.55. The lowest BCUT2D eigenvalue weighted by Gasteiger charge is -2.29. The molecule has 35 heavy (non-hydrogen) atoms. The van der Waals surface area contributed by atoms with Crippen molar-refractivity contribution in [2.45, 2.75) is 31.8 Å². The quantitative estimate of drug-likeness (QED) is 0.495. The van der Waals surface area contributed by atoms with Crippen LogP contribution < -0.4 is 10.6 Å². The topological polar surface area (TPSA) is 104 Å². The number of imide groups is 1. The van der Waals surface area contributed by atoms with Crippen molar-refractivity contribution < 1.29 is 19.1 Å². The smallest absolute Gasteiger partial charge is 0.250 e. The SMILES string of the molecule is COCCN1C(=O)[C@@H]2[C@H](Cc3c[nH]c4ccccc34)N[C@]3(C(=O)Nc4c3ccc(C)c4C)[C@@H]2C1=O. The lowest BCUT2D eigenvalue weighted by molar-refractivity contribution is -0.143. The van der Waals surface area contributed by atoms with Gasteiger partial charge in [0.05, 0.1) is 25.0 Å². The summed E-state index contributed by atoms with van der Waals surface area (Å²) < 4.78 is 5.16. The van der Waals surface area contributed by atoms with E-state index in [9.17, 15) is 14.4 Å². The maximum atomic E-state index is 13.8. The van der Waals surface area contributed by atoms with E-state index in [-0.39, 0.29) is 36.9 Å². The van der Waals surface area contributed by atoms with Crippen molar-refractivity contribution in [1.29, 1.82) is 0 Å². The summed E-state index contributed by atoms with van der Waals surface area (Å²) in [6, 6.07) is 11.5. The lowest BCUT2D eigenvalue weighted by Crippen LogP contribution is -2.53. The van der Waals surface area contributed by atoms with Crippen molar-refractivity contribution in [3.05, 3.63) is 64.8 Å². The summed E-state index contributed by atoms with van der Waals surface area (Å²) in [6.07, 6.45) is 2.46. The van der Waals surface area contributed by atoms with E-state index >= 15 is 0 Å². The third-order valence-corrected chi connectivity index (χ3v) is 8.15. The van der Waals surface area contributed by atoms with Crippen molar-refractivity contribution in [2.24, 2.45) is 11.8 Å². The highest BCUT2D eigenvalue weighted by Gasteiger charge is 2.70. The summed E-state index contributed by atoms with van der Waals surface area (Å²) in [7, 11) is 1.54. The third kappa shape index (κ3) is 2.90. The van der Waals surface area contributed by atoms with E-state index in [1.54, 1.807) is 7.11 Å². The summed E-state index contributed by atoms with van der Waals surface area (Å²) in [5.41, 5.74) is 4.28. The van der Waals surface area contributed by atoms with Gasteiger partial charge in [0.25, 0.3) is 0 Å². The predicted octanol–water partition coefficient (Wildman–Crippen LogP) is 2.39. The monoisotopic (exact) mass is 472 g/mol. The van der Waals surface area contributed by atoms with Gasteiger partial charge in [0, 0.05) is 41.5 Å². The van der Waals surface area contributed by atoms with E-state index in [0.29, 0.717) is 6.42 Å². The minimum absolute atomic E-state index is 0.179. The summed E-state index contributed by atoms with van der Waals surface area (Å²) in [5, 5.41) is 7.65. The van der Waals surface area contributed by atoms with Crippen LogP contribution in [0.25, 0.3) is 10.9 Å². The molecule has 0 radical (unpaired) electrons. The second-order valence-electron chi connectivity index (χ2n) is 9.83. The molecule has 2 aromatic carbocycles. The van der Waals surface area contributed by atoms with Crippen molar-refractivity contribution in [3.8, 4) is 0 Å². The van der Waals surface area contributed by atoms with E-state index in [2.05, 4.69) is 15.6 Å². The van der Waals surface area contributed by atoms with Gasteiger partial charge in [-0.3, -0.25) is 24.6 Å². The number of amides is 3. The van der Waals surface area contributed by atoms with Crippen LogP contribution in [0.5, 0.6) is 0 Å². The zero-order valence-corrected chi connectivity index (χ0v) is 20.0. The fourth-order valence-electron chi connectivity index (χ4n) is 6.29. The molecule has 2 saturated heterocycles. The maximum Gasteiger partial charge on any atom is 0.250 e. The Morgan fingerprint density at radius 1 is 1.06 bits per heavy atom. The first-order chi connectivity index (χ1) is 16.9. The molecule has 0 bridgehead atoms. The number of ether oxygens (including phenoxy) is 1. The van der Waals surface area contributed by atoms with Gasteiger partial charge in [-0.1, -0.05) is 30.3 Å². The normalized spacial score (nSPS) is 27.2. The highest BCUT2D eigenvalue weighted by atomic mass is 16.5. The number of methoxy groups -OCH3 is 1. The van der Waals surface area contributed by atoms with Crippen LogP contribution in [0.1, 0.15) is 22.3 Å². The Morgan fingerprint density at radius 3 is 2.66 bits per heavy atom. The van der Waals surface area contributed by atoms with Crippen LogP contribution in [-0.2, 0) is 31.1 Å². The van der Waals surface area contributed by atoms with Crippen LogP contribution in [0.4, 0.5) is 5.69 Å². The number of aryl methyl sites for hydroxylation is 1. The Labute approximate surface area is 203 Å². The van der Waals surface area contributed by atoms with Gasteiger partial charge in [0.1, 0.15) is 5.54 Å². The molecular formula is C27H28N4O4. The second kappa shape index (κ2) is 7.76. The number of benzene rings is 2. The van der Waals surface area contributed by atoms with Gasteiger partial charge in [-0.05, 0) is 43.0 Å². The van der Waals surface area contributed by atoms with Crippen LogP contribution in [0.2, 0.25) is 0 Å². The highest BCUT2D eigenvalue weighted by molar-refractivity contribution is 6.15. The van der Waals surface area contributed by atoms with Gasteiger partial charge in [0.2, 0.25) is 17.7 Å². The first-order valence-corrected chi connectivity index (χ1v) is 12.0. The van der Waals surface area contributed by atoms with Gasteiger partial charge < -0.3 is 15.0 Å². The molecule has 3 N–H and O–H groups in total. The lowest BCUT2D eigenvalue weighted by atomic mass is 9.75. The van der Waals surface area contributed by atoms with Crippen LogP contribution in [0, 0.1) is 25.7 Å². The van der Waals surface area contributed by atoms with Crippen molar-refractivity contribution in [1.82, 2.24) is 15.2 Å². The number of H-pyrrole nitrogens is 1. The number of aromatic amines is 1. The first kappa shape index (κ1) is 22.0. The zero-order valence-electron chi connectivity index (χ0n) is 20.0. The average molecular weight is 473 g/mol. The minimum atomic E-state index is -1.29. The third-order valence-electron chi connectivity index (χ3n) is 8.15. The van der Waals surface area contributed by atoms with Gasteiger partial charge in [-0.15, -0.1) is 0 Å². The molecule has 180 valence electrons. The number of nitrogens with zero attached hydrogens (tertiary/aromatic N) is 1. The van der Waals surface area contributed by atoms with Crippen molar-refractivity contribution >= 4 is 34.3 Å². The second-order valence-corrected chi connectivity index (χ2v) is 9.83. The summed E-state index contributed by atoms with van der Waals surface area (Å²) in [6.45, 7) is 4.40. The molecule has 3 amide bonds. The fourth-order valence-corrected chi connectivity index (χ4v) is 6.29. The number of anilines is 1. The molecule has 3 aliphatic rings. The number of carbonyl (C=O) groups excluding carboxylic acids is 3. The van der Waals surface area contributed by atoms with Gasteiger partial charge in [-0.2, -0.15) is 0 Å². The Hall–Kier alpha value is -3.49. The summed E-state index contributed by atoms with van der Waals surface area (Å²) in [4.78, 5) is 45.7. The molecule has 3 aromatic rings. The number of rotatable bonds is 5. The number of para-hydroxylation sites is 1. The van der Waals surface area contributed by atoms with E-state index in [1.165, 1.54) is 4.90 Å². The molecule has 4 atom stereocenters. The summed E-state index contributed by atoms with van der Waals surface area (Å²) in [5.74, 6) is -2.28. The number of likely N-dealkylation sites (tertiary alicyclic amines) is 1. The van der Waals surface area contributed by atoms with Crippen molar-refractivity contribution in [3.63, 3.8) is 0 Å². The molecular weight excluding hydrogens is 444 g/mol. The number of hydrogen-bond donors (Lipinski definition) is 3. The molecule has 1 aromatic heterocycles. The van der Waals surface area contributed by atoms with Crippen LogP contribution in [0.3, 0.4) is 0 Å². The zero-order chi connectivity index (χ0) is 24.5. The van der Waals surface area contributed by atoms with Gasteiger partial charge >= 0.3 is 0 Å². The number of fused-ring (bicyclic) bond motifs is 5. The Bertz CT molecular complexity index is 1400. The predicted molar refractivity (Wildman–Crippen MR) is 131 cm³/mol. The molecule has 1 spiro atoms.